The smallest absolute Gasteiger partial charge is 0.115 e. The zero-order chi connectivity index (χ0) is 11.8. The fraction of sp³-hybridized carbons (Fsp3) is 0.667. The van der Waals surface area contributed by atoms with E-state index in [1.165, 1.54) is 6.42 Å². The van der Waals surface area contributed by atoms with Gasteiger partial charge in [-0.2, -0.15) is 0 Å². The van der Waals surface area contributed by atoms with Gasteiger partial charge in [-0.3, -0.25) is 4.90 Å². The van der Waals surface area contributed by atoms with Crippen LogP contribution in [0.3, 0.4) is 0 Å². The fourth-order valence-electron chi connectivity index (χ4n) is 1.89. The molecule has 5 nitrogen and oxygen atoms in total. The van der Waals surface area contributed by atoms with E-state index in [1.807, 2.05) is 6.07 Å². The lowest BCUT2D eigenvalue weighted by Crippen LogP contribution is -2.37. The Bertz CT molecular complexity index is 301. The summed E-state index contributed by atoms with van der Waals surface area (Å²) in [6.45, 7) is 6.92. The largest absolute Gasteiger partial charge is 0.379 e. The number of nitrogens with one attached hydrogen (secondary N) is 1. The maximum Gasteiger partial charge on any atom is 0.115 e. The van der Waals surface area contributed by atoms with E-state index < -0.39 is 0 Å². The van der Waals surface area contributed by atoms with E-state index in [2.05, 4.69) is 20.2 Å². The minimum atomic E-state index is 0.825. The van der Waals surface area contributed by atoms with Crippen molar-refractivity contribution in [3.8, 4) is 0 Å². The predicted octanol–water partition coefficient (Wildman–Crippen LogP) is 0.289. The molecule has 94 valence electrons. The van der Waals surface area contributed by atoms with Crippen LogP contribution in [0.15, 0.2) is 18.6 Å². The van der Waals surface area contributed by atoms with Crippen LogP contribution in [0.25, 0.3) is 0 Å². The molecule has 1 aromatic rings. The van der Waals surface area contributed by atoms with Gasteiger partial charge in [0.2, 0.25) is 0 Å². The summed E-state index contributed by atoms with van der Waals surface area (Å²) in [5.74, 6) is 0. The van der Waals surface area contributed by atoms with Crippen LogP contribution in [0.2, 0.25) is 0 Å². The quantitative estimate of drug-likeness (QED) is 0.719. The van der Waals surface area contributed by atoms with E-state index >= 15 is 0 Å². The highest BCUT2D eigenvalue weighted by Gasteiger charge is 2.08. The van der Waals surface area contributed by atoms with Gasteiger partial charge in [-0.05, 0) is 25.6 Å². The van der Waals surface area contributed by atoms with Gasteiger partial charge in [0, 0.05) is 25.8 Å². The normalized spacial score (nSPS) is 17.2. The zero-order valence-electron chi connectivity index (χ0n) is 10.1. The number of rotatable bonds is 6. The van der Waals surface area contributed by atoms with Crippen molar-refractivity contribution >= 4 is 0 Å². The first kappa shape index (κ1) is 12.4. The van der Waals surface area contributed by atoms with Crippen molar-refractivity contribution in [1.82, 2.24) is 20.2 Å². The molecule has 2 heterocycles. The van der Waals surface area contributed by atoms with Crippen LogP contribution in [0.1, 0.15) is 12.1 Å². The fourth-order valence-corrected chi connectivity index (χ4v) is 1.89. The van der Waals surface area contributed by atoms with Crippen LogP contribution in [0.5, 0.6) is 0 Å². The molecule has 2 rings (SSSR count). The Kier molecular flexibility index (Phi) is 5.35. The first-order chi connectivity index (χ1) is 8.45. The van der Waals surface area contributed by atoms with E-state index in [0.717, 1.165) is 51.6 Å². The average Bonchev–Trinajstić information content (AvgIpc) is 2.41. The van der Waals surface area contributed by atoms with E-state index in [1.54, 1.807) is 12.5 Å². The molecule has 1 aliphatic rings. The highest BCUT2D eigenvalue weighted by Crippen LogP contribution is 1.97. The monoisotopic (exact) mass is 236 g/mol. The number of aromatic nitrogens is 2. The van der Waals surface area contributed by atoms with Crippen molar-refractivity contribution in [2.75, 3.05) is 39.4 Å². The summed E-state index contributed by atoms with van der Waals surface area (Å²) in [4.78, 5) is 10.5. The topological polar surface area (TPSA) is 50.3 Å². The van der Waals surface area contributed by atoms with Crippen molar-refractivity contribution in [2.24, 2.45) is 0 Å². The van der Waals surface area contributed by atoms with E-state index in [9.17, 15) is 0 Å². The molecule has 1 aliphatic heterocycles. The summed E-state index contributed by atoms with van der Waals surface area (Å²) in [6, 6.07) is 1.94. The third kappa shape index (κ3) is 4.77. The predicted molar refractivity (Wildman–Crippen MR) is 65.6 cm³/mol. The molecule has 1 saturated heterocycles. The zero-order valence-corrected chi connectivity index (χ0v) is 10.1. The van der Waals surface area contributed by atoms with E-state index in [0.29, 0.717) is 0 Å². The molecule has 0 radical (unpaired) electrons. The Morgan fingerprint density at radius 1 is 1.35 bits per heavy atom. The molecule has 0 unspecified atom stereocenters. The van der Waals surface area contributed by atoms with Crippen LogP contribution < -0.4 is 5.32 Å². The number of morpholine rings is 1. The van der Waals surface area contributed by atoms with Gasteiger partial charge >= 0.3 is 0 Å². The third-order valence-corrected chi connectivity index (χ3v) is 2.88. The van der Waals surface area contributed by atoms with Gasteiger partial charge in [0.05, 0.1) is 18.9 Å². The molecule has 17 heavy (non-hydrogen) atoms. The second-order valence-corrected chi connectivity index (χ2v) is 4.19. The minimum Gasteiger partial charge on any atom is -0.379 e. The summed E-state index contributed by atoms with van der Waals surface area (Å²) >= 11 is 0. The lowest BCUT2D eigenvalue weighted by Gasteiger charge is -2.26. The first-order valence-electron chi connectivity index (χ1n) is 6.21. The number of hydrogen-bond acceptors (Lipinski definition) is 5. The summed E-state index contributed by atoms with van der Waals surface area (Å²) in [6.07, 6.45) is 4.54. The molecule has 1 fully saturated rings. The van der Waals surface area contributed by atoms with Gasteiger partial charge in [0.1, 0.15) is 6.33 Å². The average molecular weight is 236 g/mol. The Labute approximate surface area is 102 Å². The molecule has 5 heteroatoms. The van der Waals surface area contributed by atoms with Crippen molar-refractivity contribution in [2.45, 2.75) is 13.0 Å². The molecule has 1 aromatic heterocycles. The van der Waals surface area contributed by atoms with Crippen molar-refractivity contribution in [3.05, 3.63) is 24.3 Å². The second-order valence-electron chi connectivity index (χ2n) is 4.19. The lowest BCUT2D eigenvalue weighted by atomic mass is 10.3. The molecule has 0 aliphatic carbocycles. The molecule has 0 amide bonds. The lowest BCUT2D eigenvalue weighted by molar-refractivity contribution is 0.0374. The van der Waals surface area contributed by atoms with Gasteiger partial charge in [-0.1, -0.05) is 0 Å². The Morgan fingerprint density at radius 3 is 3.00 bits per heavy atom. The molecule has 1 N–H and O–H groups in total. The van der Waals surface area contributed by atoms with Gasteiger partial charge in [-0.15, -0.1) is 0 Å². The molecule has 0 atom stereocenters. The number of ether oxygens (including phenoxy) is 1. The highest BCUT2D eigenvalue weighted by atomic mass is 16.5. The SMILES string of the molecule is c1cc(CNCCCN2CCOCC2)ncn1. The molecular weight excluding hydrogens is 216 g/mol. The maximum absolute atomic E-state index is 5.31. The third-order valence-electron chi connectivity index (χ3n) is 2.88. The standard InChI is InChI=1S/C12H20N4O/c1(5-16-6-8-17-9-7-16)3-13-10-12-2-4-14-11-15-12/h2,4,11,13H,1,3,5-10H2. The Hall–Kier alpha value is -1.04. The summed E-state index contributed by atoms with van der Waals surface area (Å²) in [5, 5.41) is 3.39. The van der Waals surface area contributed by atoms with Crippen LogP contribution in [0.4, 0.5) is 0 Å². The number of nitrogens with zero attached hydrogens (tertiary/aromatic N) is 3. The first-order valence-corrected chi connectivity index (χ1v) is 6.21. The van der Waals surface area contributed by atoms with Crippen LogP contribution in [-0.2, 0) is 11.3 Å². The van der Waals surface area contributed by atoms with Crippen molar-refractivity contribution in [1.29, 1.82) is 0 Å². The maximum atomic E-state index is 5.31. The minimum absolute atomic E-state index is 0.825. The Morgan fingerprint density at radius 2 is 2.24 bits per heavy atom. The molecule has 0 spiro atoms. The van der Waals surface area contributed by atoms with Gasteiger partial charge < -0.3 is 10.1 Å². The highest BCUT2D eigenvalue weighted by molar-refractivity contribution is 4.96. The van der Waals surface area contributed by atoms with Gasteiger partial charge in [0.25, 0.3) is 0 Å². The molecular formula is C12H20N4O. The van der Waals surface area contributed by atoms with E-state index in [-0.39, 0.29) is 0 Å². The Balaban J connectivity index is 1.51. The van der Waals surface area contributed by atoms with Crippen molar-refractivity contribution in [3.63, 3.8) is 0 Å². The van der Waals surface area contributed by atoms with Crippen molar-refractivity contribution < 1.29 is 4.74 Å². The van der Waals surface area contributed by atoms with Crippen LogP contribution in [-0.4, -0.2) is 54.3 Å². The van der Waals surface area contributed by atoms with Crippen LogP contribution >= 0.6 is 0 Å². The number of hydrogen-bond donors (Lipinski definition) is 1. The van der Waals surface area contributed by atoms with E-state index in [4.69, 9.17) is 4.74 Å². The molecule has 0 bridgehead atoms. The molecule has 0 aromatic carbocycles. The van der Waals surface area contributed by atoms with Crippen LogP contribution in [0, 0.1) is 0 Å². The second kappa shape index (κ2) is 7.32. The summed E-state index contributed by atoms with van der Waals surface area (Å²) in [5.41, 5.74) is 1.05. The molecule has 0 saturated carbocycles. The van der Waals surface area contributed by atoms with Gasteiger partial charge in [0.15, 0.2) is 0 Å². The summed E-state index contributed by atoms with van der Waals surface area (Å²) < 4.78 is 5.31. The summed E-state index contributed by atoms with van der Waals surface area (Å²) in [7, 11) is 0. The van der Waals surface area contributed by atoms with Gasteiger partial charge in [-0.25, -0.2) is 9.97 Å².